The smallest absolute Gasteiger partial charge is 0.0656 e. The van der Waals surface area contributed by atoms with E-state index in [0.29, 0.717) is 0 Å². The van der Waals surface area contributed by atoms with Crippen LogP contribution in [0.1, 0.15) is 13.8 Å². The highest BCUT2D eigenvalue weighted by Crippen LogP contribution is 2.65. The van der Waals surface area contributed by atoms with Crippen LogP contribution in [0.5, 0.6) is 0 Å². The number of hydrogen-bond acceptors (Lipinski definition) is 0. The van der Waals surface area contributed by atoms with Crippen molar-refractivity contribution in [2.75, 3.05) is 0 Å². The SMILES string of the molecule is CC12C3=CC=CC1=CC=C1C=C([Si](C)(C)C)C=C(C=C3)C12C. The summed E-state index contributed by atoms with van der Waals surface area (Å²) in [7, 11) is -1.31. The minimum Gasteiger partial charge on any atom is -0.0656 e. The van der Waals surface area contributed by atoms with Gasteiger partial charge in [0.05, 0.1) is 8.07 Å². The lowest BCUT2D eigenvalue weighted by atomic mass is 9.47. The highest BCUT2D eigenvalue weighted by atomic mass is 28.3. The minimum absolute atomic E-state index is 0.0611. The van der Waals surface area contributed by atoms with Crippen molar-refractivity contribution in [1.82, 2.24) is 0 Å². The molecule has 0 aromatic heterocycles. The molecule has 112 valence electrons. The zero-order chi connectivity index (χ0) is 15.8. The van der Waals surface area contributed by atoms with Crippen molar-refractivity contribution in [2.24, 2.45) is 10.8 Å². The van der Waals surface area contributed by atoms with E-state index in [-0.39, 0.29) is 10.8 Å². The lowest BCUT2D eigenvalue weighted by Crippen LogP contribution is -2.47. The Kier molecular flexibility index (Phi) is 2.56. The Morgan fingerprint density at radius 3 is 2.00 bits per heavy atom. The van der Waals surface area contributed by atoms with Gasteiger partial charge in [0.1, 0.15) is 0 Å². The zero-order valence-electron chi connectivity index (χ0n) is 14.2. The Morgan fingerprint density at radius 2 is 1.27 bits per heavy atom. The number of hydrogen-bond donors (Lipinski definition) is 0. The lowest BCUT2D eigenvalue weighted by Gasteiger charge is -2.56. The maximum atomic E-state index is 2.49. The molecular weight excluding hydrogens is 280 g/mol. The third-order valence-electron chi connectivity index (χ3n) is 6.23. The van der Waals surface area contributed by atoms with Crippen molar-refractivity contribution in [2.45, 2.75) is 33.5 Å². The second-order valence-electron chi connectivity index (χ2n) is 8.26. The van der Waals surface area contributed by atoms with Crippen LogP contribution in [0.15, 0.2) is 82.2 Å². The first-order chi connectivity index (χ1) is 10.3. The third kappa shape index (κ3) is 1.48. The minimum atomic E-state index is -1.31. The van der Waals surface area contributed by atoms with Gasteiger partial charge in [-0.05, 0) is 22.3 Å². The molecule has 0 radical (unpaired) electrons. The van der Waals surface area contributed by atoms with Crippen molar-refractivity contribution in [3.8, 4) is 0 Å². The van der Waals surface area contributed by atoms with Crippen molar-refractivity contribution in [3.05, 3.63) is 82.2 Å². The predicted octanol–water partition coefficient (Wildman–Crippen LogP) is 5.68. The second kappa shape index (κ2) is 4.02. The summed E-state index contributed by atoms with van der Waals surface area (Å²) >= 11 is 0. The molecule has 2 atom stereocenters. The average Bonchev–Trinajstić information content (AvgIpc) is 2.44. The van der Waals surface area contributed by atoms with E-state index in [1.807, 2.05) is 0 Å². The molecule has 0 saturated heterocycles. The molecule has 0 heterocycles. The van der Waals surface area contributed by atoms with Gasteiger partial charge in [0, 0.05) is 10.8 Å². The molecule has 0 aliphatic heterocycles. The standard InChI is InChI=1S/C21H24Si/c1-20-15-7-6-8-16(20)10-12-18-14-19(22(3,4)5)13-17(11-9-15)21(18,20)2/h6-14H,1-5H3. The van der Waals surface area contributed by atoms with E-state index in [4.69, 9.17) is 0 Å². The Balaban J connectivity index is 2.05. The molecule has 0 nitrogen and oxygen atoms in total. The van der Waals surface area contributed by atoms with Gasteiger partial charge in [-0.3, -0.25) is 0 Å². The largest absolute Gasteiger partial charge is 0.0776 e. The summed E-state index contributed by atoms with van der Waals surface area (Å²) < 4.78 is 0. The molecule has 0 fully saturated rings. The van der Waals surface area contributed by atoms with E-state index < -0.39 is 8.07 Å². The topological polar surface area (TPSA) is 0 Å². The van der Waals surface area contributed by atoms with Gasteiger partial charge in [-0.15, -0.1) is 0 Å². The molecule has 0 saturated carbocycles. The van der Waals surface area contributed by atoms with Gasteiger partial charge in [0.15, 0.2) is 0 Å². The summed E-state index contributed by atoms with van der Waals surface area (Å²) in [6.07, 6.45) is 21.1. The summed E-state index contributed by atoms with van der Waals surface area (Å²) in [6.45, 7) is 12.2. The summed E-state index contributed by atoms with van der Waals surface area (Å²) in [5.41, 5.74) is 5.98. The van der Waals surface area contributed by atoms with Crippen LogP contribution >= 0.6 is 0 Å². The van der Waals surface area contributed by atoms with Gasteiger partial charge in [-0.1, -0.05) is 93.4 Å². The molecule has 0 amide bonds. The van der Waals surface area contributed by atoms with Gasteiger partial charge in [-0.25, -0.2) is 0 Å². The molecule has 0 N–H and O–H groups in total. The molecular formula is C21H24Si. The van der Waals surface area contributed by atoms with Crippen LogP contribution in [-0.4, -0.2) is 8.07 Å². The molecule has 2 unspecified atom stereocenters. The van der Waals surface area contributed by atoms with Crippen LogP contribution in [0.25, 0.3) is 0 Å². The first kappa shape index (κ1) is 14.0. The first-order valence-corrected chi connectivity index (χ1v) is 11.7. The summed E-state index contributed by atoms with van der Waals surface area (Å²) in [5.74, 6) is 0. The zero-order valence-corrected chi connectivity index (χ0v) is 15.2. The van der Waals surface area contributed by atoms with Crippen LogP contribution in [-0.2, 0) is 0 Å². The van der Waals surface area contributed by atoms with E-state index in [9.17, 15) is 0 Å². The quantitative estimate of drug-likeness (QED) is 0.547. The molecule has 1 heteroatoms. The van der Waals surface area contributed by atoms with Gasteiger partial charge in [0.2, 0.25) is 0 Å². The normalized spacial score (nSPS) is 35.0. The van der Waals surface area contributed by atoms with E-state index >= 15 is 0 Å². The summed E-state index contributed by atoms with van der Waals surface area (Å²) in [6, 6.07) is 0. The summed E-state index contributed by atoms with van der Waals surface area (Å²) in [5, 5.41) is 1.56. The molecule has 22 heavy (non-hydrogen) atoms. The number of allylic oxidation sites excluding steroid dienone is 14. The molecule has 0 aromatic carbocycles. The maximum Gasteiger partial charge on any atom is 0.0776 e. The van der Waals surface area contributed by atoms with Crippen molar-refractivity contribution < 1.29 is 0 Å². The fraction of sp³-hybridized carbons (Fsp3) is 0.333. The van der Waals surface area contributed by atoms with E-state index in [1.165, 1.54) is 22.3 Å². The Hall–Kier alpha value is -1.60. The predicted molar refractivity (Wildman–Crippen MR) is 98.3 cm³/mol. The van der Waals surface area contributed by atoms with Crippen LogP contribution in [0, 0.1) is 10.8 Å². The third-order valence-corrected chi connectivity index (χ3v) is 8.25. The van der Waals surface area contributed by atoms with E-state index in [0.717, 1.165) is 0 Å². The first-order valence-electron chi connectivity index (χ1n) is 8.22. The molecule has 0 aromatic rings. The lowest BCUT2D eigenvalue weighted by molar-refractivity contribution is 0.249. The van der Waals surface area contributed by atoms with Gasteiger partial charge in [0.25, 0.3) is 0 Å². The van der Waals surface area contributed by atoms with Crippen LogP contribution in [0.2, 0.25) is 19.6 Å². The summed E-state index contributed by atoms with van der Waals surface area (Å²) in [4.78, 5) is 0. The van der Waals surface area contributed by atoms with E-state index in [2.05, 4.69) is 88.2 Å². The van der Waals surface area contributed by atoms with Crippen molar-refractivity contribution >= 4 is 8.07 Å². The highest BCUT2D eigenvalue weighted by Gasteiger charge is 2.55. The monoisotopic (exact) mass is 304 g/mol. The Bertz CT molecular complexity index is 786. The molecule has 4 aliphatic rings. The van der Waals surface area contributed by atoms with Crippen LogP contribution in [0.4, 0.5) is 0 Å². The highest BCUT2D eigenvalue weighted by molar-refractivity contribution is 6.83. The molecule has 4 rings (SSSR count). The van der Waals surface area contributed by atoms with Crippen molar-refractivity contribution in [1.29, 1.82) is 0 Å². The fourth-order valence-electron chi connectivity index (χ4n) is 4.41. The maximum absolute atomic E-state index is 2.49. The van der Waals surface area contributed by atoms with Crippen LogP contribution in [0.3, 0.4) is 0 Å². The average molecular weight is 305 g/mol. The molecule has 0 spiro atoms. The fourth-order valence-corrected chi connectivity index (χ4v) is 5.59. The molecule has 4 aliphatic carbocycles. The molecule has 0 bridgehead atoms. The second-order valence-corrected chi connectivity index (χ2v) is 13.3. The van der Waals surface area contributed by atoms with Gasteiger partial charge < -0.3 is 0 Å². The van der Waals surface area contributed by atoms with Crippen molar-refractivity contribution in [3.63, 3.8) is 0 Å². The van der Waals surface area contributed by atoms with Crippen LogP contribution < -0.4 is 0 Å². The number of rotatable bonds is 1. The van der Waals surface area contributed by atoms with Gasteiger partial charge >= 0.3 is 0 Å². The Labute approximate surface area is 135 Å². The Morgan fingerprint density at radius 1 is 0.682 bits per heavy atom. The van der Waals surface area contributed by atoms with Gasteiger partial charge in [-0.2, -0.15) is 0 Å². The van der Waals surface area contributed by atoms with E-state index in [1.54, 1.807) is 5.20 Å².